The van der Waals surface area contributed by atoms with Crippen molar-refractivity contribution in [1.82, 2.24) is 9.97 Å². The fourth-order valence-corrected chi connectivity index (χ4v) is 1.66. The zero-order chi connectivity index (χ0) is 14.8. The smallest absolute Gasteiger partial charge is 0.218 e. The molecule has 0 radical (unpaired) electrons. The Morgan fingerprint density at radius 2 is 2.10 bits per heavy atom. The van der Waals surface area contributed by atoms with E-state index < -0.39 is 0 Å². The van der Waals surface area contributed by atoms with Gasteiger partial charge in [0.05, 0.1) is 6.61 Å². The molecular weight excluding hydrogens is 254 g/mol. The van der Waals surface area contributed by atoms with Crippen LogP contribution >= 0.6 is 0 Å². The summed E-state index contributed by atoms with van der Waals surface area (Å²) in [6.07, 6.45) is 2.84. The van der Waals surface area contributed by atoms with Crippen LogP contribution in [0.5, 0.6) is 5.88 Å². The third kappa shape index (κ3) is 6.70. The van der Waals surface area contributed by atoms with Crippen LogP contribution in [0.15, 0.2) is 6.07 Å². The summed E-state index contributed by atoms with van der Waals surface area (Å²) < 4.78 is 10.7. The Morgan fingerprint density at radius 3 is 2.75 bits per heavy atom. The van der Waals surface area contributed by atoms with Gasteiger partial charge in [-0.3, -0.25) is 0 Å². The van der Waals surface area contributed by atoms with E-state index >= 15 is 0 Å². The summed E-state index contributed by atoms with van der Waals surface area (Å²) in [5, 5.41) is 3.30. The van der Waals surface area contributed by atoms with Gasteiger partial charge in [0.1, 0.15) is 11.6 Å². The van der Waals surface area contributed by atoms with Crippen LogP contribution in [0, 0.1) is 5.92 Å². The zero-order valence-corrected chi connectivity index (χ0v) is 13.1. The van der Waals surface area contributed by atoms with Crippen LogP contribution < -0.4 is 10.1 Å². The van der Waals surface area contributed by atoms with Crippen LogP contribution in [0.2, 0.25) is 0 Å². The van der Waals surface area contributed by atoms with Gasteiger partial charge in [-0.05, 0) is 18.8 Å². The second-order valence-electron chi connectivity index (χ2n) is 5.24. The summed E-state index contributed by atoms with van der Waals surface area (Å²) in [6, 6.07) is 1.87. The molecule has 0 spiro atoms. The first-order chi connectivity index (χ1) is 9.65. The lowest BCUT2D eigenvalue weighted by molar-refractivity contribution is 0.197. The maximum Gasteiger partial charge on any atom is 0.218 e. The van der Waals surface area contributed by atoms with Crippen LogP contribution in [0.4, 0.5) is 5.82 Å². The van der Waals surface area contributed by atoms with Crippen molar-refractivity contribution in [1.29, 1.82) is 0 Å². The first kappa shape index (κ1) is 16.7. The lowest BCUT2D eigenvalue weighted by Crippen LogP contribution is -2.11. The molecule has 20 heavy (non-hydrogen) atoms. The molecule has 0 amide bonds. The number of nitrogens with zero attached hydrogens (tertiary/aromatic N) is 2. The van der Waals surface area contributed by atoms with Gasteiger partial charge in [-0.15, -0.1) is 0 Å². The summed E-state index contributed by atoms with van der Waals surface area (Å²) in [5.41, 5.74) is 0. The van der Waals surface area contributed by atoms with Crippen molar-refractivity contribution < 1.29 is 9.47 Å². The number of ether oxygens (including phenoxy) is 2. The maximum atomic E-state index is 5.71. The van der Waals surface area contributed by atoms with E-state index in [9.17, 15) is 0 Å². The van der Waals surface area contributed by atoms with E-state index in [-0.39, 0.29) is 0 Å². The van der Waals surface area contributed by atoms with Crippen molar-refractivity contribution in [3.63, 3.8) is 0 Å². The molecular formula is C15H27N3O2. The monoisotopic (exact) mass is 281 g/mol. The van der Waals surface area contributed by atoms with Crippen molar-refractivity contribution in [2.24, 2.45) is 5.92 Å². The standard InChI is InChI=1S/C15H27N3O2/c1-5-7-13-17-14(16-8-6-9-19-4)10-15(18-13)20-11-12(2)3/h10,12H,5-9,11H2,1-4H3,(H,16,17,18). The van der Waals surface area contributed by atoms with Gasteiger partial charge in [0.15, 0.2) is 0 Å². The Balaban J connectivity index is 2.65. The molecule has 0 aromatic carbocycles. The summed E-state index contributed by atoms with van der Waals surface area (Å²) >= 11 is 0. The van der Waals surface area contributed by atoms with Crippen molar-refractivity contribution in [3.8, 4) is 5.88 Å². The highest BCUT2D eigenvalue weighted by molar-refractivity contribution is 5.38. The van der Waals surface area contributed by atoms with Gasteiger partial charge in [0, 0.05) is 32.7 Å². The molecule has 5 heteroatoms. The SMILES string of the molecule is CCCc1nc(NCCCOC)cc(OCC(C)C)n1. The molecule has 0 atom stereocenters. The first-order valence-corrected chi connectivity index (χ1v) is 7.39. The van der Waals surface area contributed by atoms with Gasteiger partial charge in [-0.1, -0.05) is 20.8 Å². The van der Waals surface area contributed by atoms with Crippen LogP contribution in [-0.2, 0) is 11.2 Å². The predicted molar refractivity (Wildman–Crippen MR) is 81.3 cm³/mol. The molecule has 1 N–H and O–H groups in total. The molecule has 1 heterocycles. The van der Waals surface area contributed by atoms with Gasteiger partial charge >= 0.3 is 0 Å². The van der Waals surface area contributed by atoms with Gasteiger partial charge in [0.2, 0.25) is 5.88 Å². The molecule has 0 aliphatic carbocycles. The maximum absolute atomic E-state index is 5.71. The molecule has 0 aliphatic rings. The quantitative estimate of drug-likeness (QED) is 0.668. The minimum Gasteiger partial charge on any atom is -0.477 e. The molecule has 0 saturated heterocycles. The van der Waals surface area contributed by atoms with Gasteiger partial charge in [0.25, 0.3) is 0 Å². The summed E-state index contributed by atoms with van der Waals surface area (Å²) in [4.78, 5) is 8.95. The van der Waals surface area contributed by atoms with Gasteiger partial charge < -0.3 is 14.8 Å². The predicted octanol–water partition coefficient (Wildman–Crippen LogP) is 2.91. The summed E-state index contributed by atoms with van der Waals surface area (Å²) in [6.45, 7) is 8.62. The third-order valence-corrected chi connectivity index (χ3v) is 2.62. The van der Waals surface area contributed by atoms with Crippen molar-refractivity contribution >= 4 is 5.82 Å². The number of aromatic nitrogens is 2. The van der Waals surface area contributed by atoms with Crippen molar-refractivity contribution in [3.05, 3.63) is 11.9 Å². The molecule has 1 rings (SSSR count). The lowest BCUT2D eigenvalue weighted by Gasteiger charge is -2.12. The molecule has 0 aliphatic heterocycles. The average Bonchev–Trinajstić information content (AvgIpc) is 2.42. The second kappa shape index (κ2) is 9.53. The molecule has 5 nitrogen and oxygen atoms in total. The minimum atomic E-state index is 0.484. The normalized spacial score (nSPS) is 10.8. The Kier molecular flexibility index (Phi) is 7.95. The van der Waals surface area contributed by atoms with E-state index in [1.807, 2.05) is 6.07 Å². The van der Waals surface area contributed by atoms with E-state index in [0.717, 1.165) is 44.1 Å². The van der Waals surface area contributed by atoms with E-state index in [1.165, 1.54) is 0 Å². The number of methoxy groups -OCH3 is 1. The minimum absolute atomic E-state index is 0.484. The topological polar surface area (TPSA) is 56.3 Å². The Labute approximate surface area is 122 Å². The largest absolute Gasteiger partial charge is 0.477 e. The van der Waals surface area contributed by atoms with Crippen LogP contribution in [0.3, 0.4) is 0 Å². The highest BCUT2D eigenvalue weighted by Gasteiger charge is 2.06. The van der Waals surface area contributed by atoms with E-state index in [0.29, 0.717) is 18.4 Å². The first-order valence-electron chi connectivity index (χ1n) is 7.39. The van der Waals surface area contributed by atoms with Crippen LogP contribution in [0.25, 0.3) is 0 Å². The fourth-order valence-electron chi connectivity index (χ4n) is 1.66. The van der Waals surface area contributed by atoms with Crippen LogP contribution in [-0.4, -0.2) is 36.8 Å². The number of rotatable bonds is 10. The van der Waals surface area contributed by atoms with Crippen LogP contribution in [0.1, 0.15) is 39.4 Å². The third-order valence-electron chi connectivity index (χ3n) is 2.62. The zero-order valence-electron chi connectivity index (χ0n) is 13.1. The molecule has 1 aromatic heterocycles. The molecule has 0 saturated carbocycles. The Hall–Kier alpha value is -1.36. The van der Waals surface area contributed by atoms with Crippen molar-refractivity contribution in [2.45, 2.75) is 40.0 Å². The Morgan fingerprint density at radius 1 is 1.30 bits per heavy atom. The lowest BCUT2D eigenvalue weighted by atomic mass is 10.2. The van der Waals surface area contributed by atoms with Gasteiger partial charge in [-0.25, -0.2) is 4.98 Å². The number of hydrogen-bond acceptors (Lipinski definition) is 5. The average molecular weight is 281 g/mol. The molecule has 0 unspecified atom stereocenters. The molecule has 0 fully saturated rings. The molecule has 0 bridgehead atoms. The Bertz CT molecular complexity index is 383. The highest BCUT2D eigenvalue weighted by Crippen LogP contribution is 2.15. The van der Waals surface area contributed by atoms with E-state index in [2.05, 4.69) is 36.1 Å². The van der Waals surface area contributed by atoms with Gasteiger partial charge in [-0.2, -0.15) is 4.98 Å². The molecule has 1 aromatic rings. The summed E-state index contributed by atoms with van der Waals surface area (Å²) in [5.74, 6) is 2.81. The summed E-state index contributed by atoms with van der Waals surface area (Å²) in [7, 11) is 1.71. The fraction of sp³-hybridized carbons (Fsp3) is 0.733. The van der Waals surface area contributed by atoms with E-state index in [4.69, 9.17) is 9.47 Å². The second-order valence-corrected chi connectivity index (χ2v) is 5.24. The van der Waals surface area contributed by atoms with Crippen molar-refractivity contribution in [2.75, 3.05) is 32.2 Å². The van der Waals surface area contributed by atoms with E-state index in [1.54, 1.807) is 7.11 Å². The number of nitrogens with one attached hydrogen (secondary N) is 1. The number of hydrogen-bond donors (Lipinski definition) is 1. The number of aryl methyl sites for hydroxylation is 1. The molecule has 114 valence electrons. The highest BCUT2D eigenvalue weighted by atomic mass is 16.5. The number of anilines is 1.